The van der Waals surface area contributed by atoms with Crippen molar-refractivity contribution in [3.05, 3.63) is 0 Å². The van der Waals surface area contributed by atoms with E-state index in [1.807, 2.05) is 0 Å². The molecule has 4 unspecified atom stereocenters. The van der Waals surface area contributed by atoms with Crippen molar-refractivity contribution >= 4 is 0 Å². The van der Waals surface area contributed by atoms with Crippen LogP contribution >= 0.6 is 0 Å². The van der Waals surface area contributed by atoms with Gasteiger partial charge >= 0.3 is 0 Å². The monoisotopic (exact) mass is 266 g/mol. The number of nitrogens with zero attached hydrogens (tertiary/aromatic N) is 1. The molecular formula is C16H30N2O. The molecule has 2 N–H and O–H groups in total. The number of rotatable bonds is 4. The topological polar surface area (TPSA) is 35.5 Å². The highest BCUT2D eigenvalue weighted by Crippen LogP contribution is 2.41. The third kappa shape index (κ3) is 2.70. The Morgan fingerprint density at radius 2 is 1.89 bits per heavy atom. The number of aliphatic hydroxyl groups is 1. The Morgan fingerprint density at radius 3 is 2.53 bits per heavy atom. The van der Waals surface area contributed by atoms with Gasteiger partial charge in [0.05, 0.1) is 6.61 Å². The van der Waals surface area contributed by atoms with Crippen LogP contribution in [0.25, 0.3) is 0 Å². The molecule has 3 heteroatoms. The zero-order valence-electron chi connectivity index (χ0n) is 12.4. The molecule has 1 heterocycles. The van der Waals surface area contributed by atoms with Crippen LogP contribution in [0.1, 0.15) is 51.9 Å². The van der Waals surface area contributed by atoms with E-state index in [0.717, 1.165) is 31.2 Å². The van der Waals surface area contributed by atoms with Gasteiger partial charge in [0.25, 0.3) is 0 Å². The van der Waals surface area contributed by atoms with E-state index in [2.05, 4.69) is 17.1 Å². The summed E-state index contributed by atoms with van der Waals surface area (Å²) in [6, 6.07) is 0.713. The summed E-state index contributed by atoms with van der Waals surface area (Å²) in [6.07, 6.45) is 9.30. The van der Waals surface area contributed by atoms with Gasteiger partial charge in [0.1, 0.15) is 0 Å². The third-order valence-corrected chi connectivity index (χ3v) is 5.94. The second-order valence-electron chi connectivity index (χ2n) is 7.12. The number of likely N-dealkylation sites (N-methyl/N-ethyl adjacent to an activating group) is 1. The minimum absolute atomic E-state index is 0.00929. The van der Waals surface area contributed by atoms with Crippen LogP contribution < -0.4 is 5.32 Å². The molecule has 4 atom stereocenters. The van der Waals surface area contributed by atoms with Crippen molar-refractivity contribution < 1.29 is 5.11 Å². The van der Waals surface area contributed by atoms with Crippen LogP contribution in [0.4, 0.5) is 0 Å². The van der Waals surface area contributed by atoms with E-state index in [-0.39, 0.29) is 5.54 Å². The summed E-state index contributed by atoms with van der Waals surface area (Å²) in [5.41, 5.74) is 0.00929. The van der Waals surface area contributed by atoms with Crippen LogP contribution in [0.5, 0.6) is 0 Å². The molecule has 3 rings (SSSR count). The lowest BCUT2D eigenvalue weighted by Crippen LogP contribution is -2.55. The first-order valence-corrected chi connectivity index (χ1v) is 8.36. The Hall–Kier alpha value is -0.120. The zero-order chi connectivity index (χ0) is 13.3. The van der Waals surface area contributed by atoms with Crippen molar-refractivity contribution in [1.82, 2.24) is 10.2 Å². The molecule has 110 valence electrons. The second-order valence-corrected chi connectivity index (χ2v) is 7.12. The number of hydrogen-bond acceptors (Lipinski definition) is 3. The van der Waals surface area contributed by atoms with Crippen LogP contribution in [0.2, 0.25) is 0 Å². The number of fused-ring (bicyclic) bond motifs is 1. The molecule has 0 bridgehead atoms. The number of aliphatic hydroxyl groups excluding tert-OH is 1. The molecule has 19 heavy (non-hydrogen) atoms. The molecule has 1 saturated heterocycles. The van der Waals surface area contributed by atoms with Gasteiger partial charge in [0.15, 0.2) is 0 Å². The maximum Gasteiger partial charge on any atom is 0.0613 e. The van der Waals surface area contributed by atoms with Crippen molar-refractivity contribution in [2.75, 3.05) is 26.2 Å². The Labute approximate surface area is 117 Å². The molecular weight excluding hydrogens is 236 g/mol. The van der Waals surface area contributed by atoms with Gasteiger partial charge in [-0.05, 0) is 56.9 Å². The predicted molar refractivity (Wildman–Crippen MR) is 78.2 cm³/mol. The van der Waals surface area contributed by atoms with Gasteiger partial charge in [0.2, 0.25) is 0 Å². The first-order valence-electron chi connectivity index (χ1n) is 8.36. The van der Waals surface area contributed by atoms with E-state index >= 15 is 0 Å². The lowest BCUT2D eigenvalue weighted by molar-refractivity contribution is 0.0668. The van der Waals surface area contributed by atoms with Crippen LogP contribution in [0.3, 0.4) is 0 Å². The van der Waals surface area contributed by atoms with Gasteiger partial charge in [-0.15, -0.1) is 0 Å². The van der Waals surface area contributed by atoms with Crippen molar-refractivity contribution in [2.24, 2.45) is 11.8 Å². The van der Waals surface area contributed by atoms with E-state index in [0.29, 0.717) is 12.6 Å². The minimum atomic E-state index is 0.00929. The first kappa shape index (κ1) is 13.8. The summed E-state index contributed by atoms with van der Waals surface area (Å²) in [5, 5.41) is 13.4. The van der Waals surface area contributed by atoms with Gasteiger partial charge in [0, 0.05) is 24.7 Å². The Morgan fingerprint density at radius 1 is 1.16 bits per heavy atom. The Bertz CT molecular complexity index is 293. The minimum Gasteiger partial charge on any atom is -0.394 e. The number of nitrogens with one attached hydrogen (secondary N) is 1. The smallest absolute Gasteiger partial charge is 0.0613 e. The maximum absolute atomic E-state index is 9.81. The normalized spacial score (nSPS) is 43.6. The largest absolute Gasteiger partial charge is 0.394 e. The number of likely N-dealkylation sites (tertiary alicyclic amines) is 1. The summed E-state index contributed by atoms with van der Waals surface area (Å²) in [6.45, 7) is 6.10. The lowest BCUT2D eigenvalue weighted by Gasteiger charge is -2.43. The van der Waals surface area contributed by atoms with Gasteiger partial charge in [-0.2, -0.15) is 0 Å². The zero-order valence-corrected chi connectivity index (χ0v) is 12.4. The van der Waals surface area contributed by atoms with E-state index in [9.17, 15) is 5.11 Å². The highest BCUT2D eigenvalue weighted by molar-refractivity contribution is 4.99. The number of hydrogen-bond donors (Lipinski definition) is 2. The highest BCUT2D eigenvalue weighted by Gasteiger charge is 2.42. The fourth-order valence-corrected chi connectivity index (χ4v) is 4.95. The molecule has 0 aromatic carbocycles. The lowest BCUT2D eigenvalue weighted by atomic mass is 9.79. The van der Waals surface area contributed by atoms with E-state index in [1.165, 1.54) is 45.2 Å². The van der Waals surface area contributed by atoms with E-state index in [1.54, 1.807) is 0 Å². The summed E-state index contributed by atoms with van der Waals surface area (Å²) in [5.74, 6) is 1.98. The summed E-state index contributed by atoms with van der Waals surface area (Å²) in [7, 11) is 0. The van der Waals surface area contributed by atoms with E-state index in [4.69, 9.17) is 0 Å². The molecule has 1 aliphatic heterocycles. The van der Waals surface area contributed by atoms with Crippen LogP contribution in [0.15, 0.2) is 0 Å². The molecule has 3 nitrogen and oxygen atoms in total. The average molecular weight is 266 g/mol. The molecule has 2 saturated carbocycles. The fraction of sp³-hybridized carbons (Fsp3) is 1.00. The van der Waals surface area contributed by atoms with Gasteiger partial charge in [-0.3, -0.25) is 4.90 Å². The average Bonchev–Trinajstić information content (AvgIpc) is 3.00. The van der Waals surface area contributed by atoms with Crippen molar-refractivity contribution in [3.8, 4) is 0 Å². The molecule has 2 aliphatic carbocycles. The van der Waals surface area contributed by atoms with Gasteiger partial charge < -0.3 is 10.4 Å². The summed E-state index contributed by atoms with van der Waals surface area (Å²) < 4.78 is 0. The molecule has 0 radical (unpaired) electrons. The van der Waals surface area contributed by atoms with Crippen molar-refractivity contribution in [1.29, 1.82) is 0 Å². The summed E-state index contributed by atoms with van der Waals surface area (Å²) >= 11 is 0. The quantitative estimate of drug-likeness (QED) is 0.817. The molecule has 3 fully saturated rings. The van der Waals surface area contributed by atoms with E-state index < -0.39 is 0 Å². The first-order chi connectivity index (χ1) is 9.26. The van der Waals surface area contributed by atoms with Crippen LogP contribution in [-0.4, -0.2) is 47.8 Å². The molecule has 0 spiro atoms. The van der Waals surface area contributed by atoms with Crippen LogP contribution in [-0.2, 0) is 0 Å². The molecule has 0 amide bonds. The van der Waals surface area contributed by atoms with Crippen LogP contribution in [0, 0.1) is 11.8 Å². The molecule has 0 aromatic rings. The molecule has 3 aliphatic rings. The van der Waals surface area contributed by atoms with Gasteiger partial charge in [-0.25, -0.2) is 0 Å². The molecule has 0 aromatic heterocycles. The predicted octanol–water partition coefficient (Wildman–Crippen LogP) is 2.00. The standard InChI is InChI=1S/C16H30N2O/c1-2-17-16(12-19)8-4-7-15(9-16)18-10-13-5-3-6-14(13)11-18/h13-15,17,19H,2-12H2,1H3. The maximum atomic E-state index is 9.81. The third-order valence-electron chi connectivity index (χ3n) is 5.94. The summed E-state index contributed by atoms with van der Waals surface area (Å²) in [4.78, 5) is 2.76. The van der Waals surface area contributed by atoms with Gasteiger partial charge in [-0.1, -0.05) is 13.3 Å². The van der Waals surface area contributed by atoms with Crippen molar-refractivity contribution in [3.63, 3.8) is 0 Å². The Balaban J connectivity index is 1.62. The second kappa shape index (κ2) is 5.71. The SMILES string of the molecule is CCNC1(CO)CCCC(N2CC3CCCC3C2)C1. The fourth-order valence-electron chi connectivity index (χ4n) is 4.95. The Kier molecular flexibility index (Phi) is 4.16. The van der Waals surface area contributed by atoms with Crippen molar-refractivity contribution in [2.45, 2.75) is 63.5 Å². The highest BCUT2D eigenvalue weighted by atomic mass is 16.3.